The first-order valence-electron chi connectivity index (χ1n) is 11.5. The lowest BCUT2D eigenvalue weighted by Gasteiger charge is -2.44. The highest BCUT2D eigenvalue weighted by molar-refractivity contribution is 5.92. The van der Waals surface area contributed by atoms with E-state index in [9.17, 15) is 9.59 Å². The fraction of sp³-hybridized carbons (Fsp3) is 0.440. The van der Waals surface area contributed by atoms with Crippen LogP contribution in [0.1, 0.15) is 48.2 Å². The number of amides is 2. The minimum Gasteiger partial charge on any atom is -0.494 e. The van der Waals surface area contributed by atoms with Gasteiger partial charge in [0.1, 0.15) is 11.3 Å². The topological polar surface area (TPSA) is 126 Å². The standard InChI is InChI=1S/C24H30N4O3.CH2O2/c25-22(29)19-7-9-21(10-8-19)31-17-5-16-28-15-4-12-24(28)11-3-14-27(23(24)30)18-20-6-1-2-13-26-20;2-1-3/h1-2,6-10,13H,3-5,11-12,14-18H2,(H2,25,29);1H,(H,2,3). The lowest BCUT2D eigenvalue weighted by molar-refractivity contribution is -0.148. The first-order chi connectivity index (χ1) is 16.5. The number of ether oxygens (including phenoxy) is 1. The predicted molar refractivity (Wildman–Crippen MR) is 126 cm³/mol. The molecular formula is C25H32N4O5. The fourth-order valence-corrected chi connectivity index (χ4v) is 4.85. The molecular weight excluding hydrogens is 436 g/mol. The van der Waals surface area contributed by atoms with Crippen molar-refractivity contribution in [1.82, 2.24) is 14.8 Å². The normalized spacial score (nSPS) is 20.0. The predicted octanol–water partition coefficient (Wildman–Crippen LogP) is 2.31. The number of hydrogen-bond donors (Lipinski definition) is 2. The molecule has 1 spiro atoms. The molecule has 0 aliphatic carbocycles. The number of nitrogens with zero attached hydrogens (tertiary/aromatic N) is 3. The molecule has 1 aromatic heterocycles. The van der Waals surface area contributed by atoms with Gasteiger partial charge in [0.2, 0.25) is 11.8 Å². The Balaban J connectivity index is 0.00000103. The third-order valence-corrected chi connectivity index (χ3v) is 6.39. The highest BCUT2D eigenvalue weighted by Crippen LogP contribution is 2.38. The number of aromatic nitrogens is 1. The number of carbonyl (C=O) groups excluding carboxylic acids is 2. The van der Waals surface area contributed by atoms with E-state index >= 15 is 0 Å². The molecule has 2 aliphatic heterocycles. The number of benzene rings is 1. The highest BCUT2D eigenvalue weighted by atomic mass is 16.5. The number of nitrogens with two attached hydrogens (primary N) is 1. The van der Waals surface area contributed by atoms with Gasteiger partial charge in [0.05, 0.1) is 18.8 Å². The molecule has 2 amide bonds. The van der Waals surface area contributed by atoms with E-state index in [1.807, 2.05) is 23.1 Å². The van der Waals surface area contributed by atoms with E-state index < -0.39 is 5.91 Å². The SMILES string of the molecule is NC(=O)c1ccc(OCCCN2CCCC23CCCN(Cc2ccccn2)C3=O)cc1.O=CO. The molecule has 9 heteroatoms. The van der Waals surface area contributed by atoms with E-state index in [-0.39, 0.29) is 17.9 Å². The summed E-state index contributed by atoms with van der Waals surface area (Å²) in [4.78, 5) is 41.8. The maximum absolute atomic E-state index is 13.5. The summed E-state index contributed by atoms with van der Waals surface area (Å²) in [6, 6.07) is 12.7. The Hall–Kier alpha value is -3.46. The first-order valence-corrected chi connectivity index (χ1v) is 11.5. The van der Waals surface area contributed by atoms with Crippen LogP contribution in [0.25, 0.3) is 0 Å². The van der Waals surface area contributed by atoms with E-state index in [1.54, 1.807) is 30.5 Å². The van der Waals surface area contributed by atoms with Crippen LogP contribution in [0.5, 0.6) is 5.75 Å². The molecule has 2 aliphatic rings. The Kier molecular flexibility index (Phi) is 8.98. The molecule has 2 saturated heterocycles. The second-order valence-electron chi connectivity index (χ2n) is 8.47. The van der Waals surface area contributed by atoms with Gasteiger partial charge in [0, 0.05) is 24.8 Å². The molecule has 3 N–H and O–H groups in total. The van der Waals surface area contributed by atoms with Crippen molar-refractivity contribution in [3.63, 3.8) is 0 Å². The zero-order valence-electron chi connectivity index (χ0n) is 19.3. The van der Waals surface area contributed by atoms with Gasteiger partial charge in [0.15, 0.2) is 0 Å². The summed E-state index contributed by atoms with van der Waals surface area (Å²) < 4.78 is 5.82. The first kappa shape index (κ1) is 25.2. The molecule has 0 bridgehead atoms. The Morgan fingerprint density at radius 2 is 1.85 bits per heavy atom. The monoisotopic (exact) mass is 468 g/mol. The van der Waals surface area contributed by atoms with E-state index in [4.69, 9.17) is 20.4 Å². The zero-order chi connectivity index (χ0) is 24.4. The molecule has 182 valence electrons. The van der Waals surface area contributed by atoms with Crippen LogP contribution < -0.4 is 10.5 Å². The van der Waals surface area contributed by atoms with Crippen LogP contribution in [0, 0.1) is 0 Å². The molecule has 4 rings (SSSR count). The number of likely N-dealkylation sites (tertiary alicyclic amines) is 2. The second-order valence-corrected chi connectivity index (χ2v) is 8.47. The lowest BCUT2D eigenvalue weighted by atomic mass is 9.85. The fourth-order valence-electron chi connectivity index (χ4n) is 4.85. The summed E-state index contributed by atoms with van der Waals surface area (Å²) in [5.74, 6) is 0.529. The number of rotatable bonds is 8. The average Bonchev–Trinajstić information content (AvgIpc) is 3.24. The maximum Gasteiger partial charge on any atom is 0.290 e. The van der Waals surface area contributed by atoms with Gasteiger partial charge in [-0.1, -0.05) is 6.07 Å². The minimum atomic E-state index is -0.444. The van der Waals surface area contributed by atoms with Crippen LogP contribution in [-0.2, 0) is 16.1 Å². The molecule has 0 radical (unpaired) electrons. The van der Waals surface area contributed by atoms with Crippen LogP contribution >= 0.6 is 0 Å². The Bertz CT molecular complexity index is 954. The summed E-state index contributed by atoms with van der Waals surface area (Å²) >= 11 is 0. The Labute approximate surface area is 199 Å². The summed E-state index contributed by atoms with van der Waals surface area (Å²) in [6.07, 6.45) is 6.56. The van der Waals surface area contributed by atoms with Crippen LogP contribution in [0.15, 0.2) is 48.7 Å². The van der Waals surface area contributed by atoms with Crippen molar-refractivity contribution in [1.29, 1.82) is 0 Å². The lowest BCUT2D eigenvalue weighted by Crippen LogP contribution is -2.59. The number of primary amides is 1. The van der Waals surface area contributed by atoms with Crippen molar-refractivity contribution in [3.8, 4) is 5.75 Å². The van der Waals surface area contributed by atoms with Crippen molar-refractivity contribution < 1.29 is 24.2 Å². The van der Waals surface area contributed by atoms with Gasteiger partial charge < -0.3 is 20.5 Å². The molecule has 9 nitrogen and oxygen atoms in total. The van der Waals surface area contributed by atoms with Gasteiger partial charge in [-0.15, -0.1) is 0 Å². The van der Waals surface area contributed by atoms with E-state index in [1.165, 1.54) is 0 Å². The van der Waals surface area contributed by atoms with Crippen molar-refractivity contribution in [2.24, 2.45) is 5.73 Å². The average molecular weight is 469 g/mol. The minimum absolute atomic E-state index is 0.250. The number of carbonyl (C=O) groups is 3. The zero-order valence-corrected chi connectivity index (χ0v) is 19.3. The summed E-state index contributed by atoms with van der Waals surface area (Å²) in [5, 5.41) is 6.89. The molecule has 1 unspecified atom stereocenters. The third kappa shape index (κ3) is 6.11. The summed E-state index contributed by atoms with van der Waals surface area (Å²) in [7, 11) is 0. The van der Waals surface area contributed by atoms with Gasteiger partial charge in [-0.05, 0) is 75.0 Å². The van der Waals surface area contributed by atoms with Gasteiger partial charge >= 0.3 is 0 Å². The van der Waals surface area contributed by atoms with Gasteiger partial charge in [-0.3, -0.25) is 24.3 Å². The van der Waals surface area contributed by atoms with E-state index in [0.29, 0.717) is 18.7 Å². The molecule has 3 heterocycles. The van der Waals surface area contributed by atoms with Crippen molar-refractivity contribution in [3.05, 3.63) is 59.9 Å². The summed E-state index contributed by atoms with van der Waals surface area (Å²) in [5.41, 5.74) is 6.31. The van der Waals surface area contributed by atoms with Gasteiger partial charge in [0.25, 0.3) is 6.47 Å². The summed E-state index contributed by atoms with van der Waals surface area (Å²) in [6.45, 7) is 3.49. The van der Waals surface area contributed by atoms with Gasteiger partial charge in [-0.2, -0.15) is 0 Å². The molecule has 2 aromatic rings. The number of pyridine rings is 1. The van der Waals surface area contributed by atoms with Gasteiger partial charge in [-0.25, -0.2) is 0 Å². The van der Waals surface area contributed by atoms with Crippen molar-refractivity contribution in [2.75, 3.05) is 26.2 Å². The smallest absolute Gasteiger partial charge is 0.290 e. The Morgan fingerprint density at radius 1 is 1.15 bits per heavy atom. The third-order valence-electron chi connectivity index (χ3n) is 6.39. The molecule has 1 aromatic carbocycles. The van der Waals surface area contributed by atoms with Crippen LogP contribution in [-0.4, -0.2) is 70.0 Å². The molecule has 1 atom stereocenters. The van der Waals surface area contributed by atoms with Crippen LogP contribution in [0.4, 0.5) is 0 Å². The van der Waals surface area contributed by atoms with Crippen molar-refractivity contribution in [2.45, 2.75) is 44.2 Å². The van der Waals surface area contributed by atoms with Crippen LogP contribution in [0.3, 0.4) is 0 Å². The van der Waals surface area contributed by atoms with E-state index in [0.717, 1.165) is 63.2 Å². The molecule has 2 fully saturated rings. The molecule has 0 saturated carbocycles. The number of carboxylic acid groups (broad SMARTS) is 1. The second kappa shape index (κ2) is 12.1. The maximum atomic E-state index is 13.5. The number of hydrogen-bond acceptors (Lipinski definition) is 6. The molecule has 34 heavy (non-hydrogen) atoms. The van der Waals surface area contributed by atoms with Crippen LogP contribution in [0.2, 0.25) is 0 Å². The number of piperidine rings is 1. The Morgan fingerprint density at radius 3 is 2.50 bits per heavy atom. The highest BCUT2D eigenvalue weighted by Gasteiger charge is 2.50. The van der Waals surface area contributed by atoms with E-state index in [2.05, 4.69) is 9.88 Å². The largest absolute Gasteiger partial charge is 0.494 e. The quantitative estimate of drug-likeness (QED) is 0.450. The van der Waals surface area contributed by atoms with Crippen molar-refractivity contribution >= 4 is 18.3 Å².